The molecule has 0 aliphatic rings. The average molecular weight is 380 g/mol. The Balaban J connectivity index is 2.23. The molecule has 0 N–H and O–H groups in total. The van der Waals surface area contributed by atoms with E-state index in [-0.39, 0.29) is 5.91 Å². The number of aryl methyl sites for hydroxylation is 1. The highest BCUT2D eigenvalue weighted by atomic mass is 127. The number of amides is 1. The van der Waals surface area contributed by atoms with Crippen molar-refractivity contribution in [2.75, 3.05) is 6.54 Å². The molecule has 3 nitrogen and oxygen atoms in total. The lowest BCUT2D eigenvalue weighted by molar-refractivity contribution is 0.0749. The molecule has 2 rings (SSSR count). The van der Waals surface area contributed by atoms with Crippen molar-refractivity contribution in [3.05, 3.63) is 63.0 Å². The van der Waals surface area contributed by atoms with E-state index >= 15 is 0 Å². The molecule has 0 spiro atoms. The predicted octanol–water partition coefficient (Wildman–Crippen LogP) is 3.66. The van der Waals surface area contributed by atoms with Crippen molar-refractivity contribution >= 4 is 28.5 Å². The average Bonchev–Trinajstić information content (AvgIpc) is 2.48. The summed E-state index contributed by atoms with van der Waals surface area (Å²) in [5, 5.41) is 0. The van der Waals surface area contributed by atoms with Gasteiger partial charge in [0.2, 0.25) is 0 Å². The van der Waals surface area contributed by atoms with E-state index < -0.39 is 0 Å². The van der Waals surface area contributed by atoms with Crippen LogP contribution in [-0.4, -0.2) is 22.3 Å². The van der Waals surface area contributed by atoms with Crippen LogP contribution in [0.3, 0.4) is 0 Å². The van der Waals surface area contributed by atoms with Gasteiger partial charge in [-0.3, -0.25) is 9.78 Å². The van der Waals surface area contributed by atoms with Crippen molar-refractivity contribution in [3.8, 4) is 0 Å². The van der Waals surface area contributed by atoms with Gasteiger partial charge in [-0.1, -0.05) is 18.2 Å². The summed E-state index contributed by atoms with van der Waals surface area (Å²) < 4.78 is 1.02. The second-order valence-corrected chi connectivity index (χ2v) is 5.66. The summed E-state index contributed by atoms with van der Waals surface area (Å²) in [7, 11) is 0. The fourth-order valence-corrected chi connectivity index (χ4v) is 2.59. The Morgan fingerprint density at radius 1 is 1.25 bits per heavy atom. The van der Waals surface area contributed by atoms with Gasteiger partial charge in [0.05, 0.1) is 17.8 Å². The summed E-state index contributed by atoms with van der Waals surface area (Å²) in [5.74, 6) is 0.0613. The van der Waals surface area contributed by atoms with Crippen LogP contribution in [0.1, 0.15) is 28.5 Å². The minimum absolute atomic E-state index is 0.0613. The van der Waals surface area contributed by atoms with Gasteiger partial charge in [-0.15, -0.1) is 0 Å². The van der Waals surface area contributed by atoms with Crippen LogP contribution in [0.5, 0.6) is 0 Å². The van der Waals surface area contributed by atoms with E-state index in [0.29, 0.717) is 13.1 Å². The number of hydrogen-bond acceptors (Lipinski definition) is 2. The van der Waals surface area contributed by atoms with Crippen LogP contribution in [0, 0.1) is 10.5 Å². The summed E-state index contributed by atoms with van der Waals surface area (Å²) in [5.41, 5.74) is 2.80. The third kappa shape index (κ3) is 3.36. The molecule has 0 aliphatic carbocycles. The molecule has 1 heterocycles. The van der Waals surface area contributed by atoms with Crippen LogP contribution >= 0.6 is 22.6 Å². The molecule has 0 saturated heterocycles. The Labute approximate surface area is 133 Å². The van der Waals surface area contributed by atoms with Crippen LogP contribution in [0.2, 0.25) is 0 Å². The highest BCUT2D eigenvalue weighted by molar-refractivity contribution is 14.1. The molecular weight excluding hydrogens is 363 g/mol. The molecule has 0 radical (unpaired) electrons. The van der Waals surface area contributed by atoms with Gasteiger partial charge in [-0.2, -0.15) is 0 Å². The molecule has 4 heteroatoms. The van der Waals surface area contributed by atoms with E-state index in [1.165, 1.54) is 0 Å². The molecular formula is C16H17IN2O. The first kappa shape index (κ1) is 15.0. The van der Waals surface area contributed by atoms with Gasteiger partial charge in [0.15, 0.2) is 0 Å². The van der Waals surface area contributed by atoms with E-state index in [9.17, 15) is 4.79 Å². The van der Waals surface area contributed by atoms with E-state index in [1.54, 1.807) is 6.20 Å². The van der Waals surface area contributed by atoms with Crippen molar-refractivity contribution in [3.63, 3.8) is 0 Å². The maximum Gasteiger partial charge on any atom is 0.255 e. The van der Waals surface area contributed by atoms with Crippen molar-refractivity contribution in [1.29, 1.82) is 0 Å². The first-order valence-corrected chi connectivity index (χ1v) is 7.65. The number of nitrogens with zero attached hydrogens (tertiary/aromatic N) is 2. The molecule has 0 atom stereocenters. The Kier molecular flexibility index (Phi) is 5.11. The highest BCUT2D eigenvalue weighted by Crippen LogP contribution is 2.19. The smallest absolute Gasteiger partial charge is 0.255 e. The zero-order valence-electron chi connectivity index (χ0n) is 11.6. The largest absolute Gasteiger partial charge is 0.333 e. The molecule has 1 aromatic carbocycles. The van der Waals surface area contributed by atoms with Crippen LogP contribution in [0.25, 0.3) is 0 Å². The van der Waals surface area contributed by atoms with Gasteiger partial charge < -0.3 is 4.90 Å². The fraction of sp³-hybridized carbons (Fsp3) is 0.250. The van der Waals surface area contributed by atoms with E-state index in [1.807, 2.05) is 55.1 Å². The third-order valence-electron chi connectivity index (χ3n) is 3.17. The molecule has 0 bridgehead atoms. The second-order valence-electron chi connectivity index (χ2n) is 4.58. The summed E-state index contributed by atoms with van der Waals surface area (Å²) in [6, 6.07) is 11.6. The normalized spacial score (nSPS) is 10.3. The maximum atomic E-state index is 12.6. The van der Waals surface area contributed by atoms with Crippen molar-refractivity contribution in [1.82, 2.24) is 9.88 Å². The minimum Gasteiger partial charge on any atom is -0.333 e. The maximum absolute atomic E-state index is 12.6. The summed E-state index contributed by atoms with van der Waals surface area (Å²) in [6.45, 7) is 5.22. The van der Waals surface area contributed by atoms with E-state index in [2.05, 4.69) is 27.6 Å². The van der Waals surface area contributed by atoms with Gasteiger partial charge in [-0.05, 0) is 60.2 Å². The number of pyridine rings is 1. The molecule has 1 amide bonds. The van der Waals surface area contributed by atoms with Gasteiger partial charge in [0.1, 0.15) is 0 Å². The highest BCUT2D eigenvalue weighted by Gasteiger charge is 2.18. The van der Waals surface area contributed by atoms with Crippen molar-refractivity contribution in [2.24, 2.45) is 0 Å². The van der Waals surface area contributed by atoms with Crippen LogP contribution in [0.4, 0.5) is 0 Å². The first-order valence-electron chi connectivity index (χ1n) is 6.57. The summed E-state index contributed by atoms with van der Waals surface area (Å²) in [4.78, 5) is 18.8. The van der Waals surface area contributed by atoms with Crippen molar-refractivity contribution in [2.45, 2.75) is 20.4 Å². The quantitative estimate of drug-likeness (QED) is 0.759. The second kappa shape index (κ2) is 6.83. The van der Waals surface area contributed by atoms with Crippen molar-refractivity contribution < 1.29 is 4.79 Å². The molecule has 0 unspecified atom stereocenters. The van der Waals surface area contributed by atoms with Gasteiger partial charge >= 0.3 is 0 Å². The molecule has 0 aliphatic heterocycles. The number of carbonyl (C=O) groups is 1. The van der Waals surface area contributed by atoms with Crippen LogP contribution in [0.15, 0.2) is 42.6 Å². The topological polar surface area (TPSA) is 33.2 Å². The monoisotopic (exact) mass is 380 g/mol. The number of rotatable bonds is 4. The first-order chi connectivity index (χ1) is 9.63. The van der Waals surface area contributed by atoms with Gasteiger partial charge in [-0.25, -0.2) is 0 Å². The van der Waals surface area contributed by atoms with E-state index in [0.717, 1.165) is 20.4 Å². The Morgan fingerprint density at radius 2 is 2.05 bits per heavy atom. The lowest BCUT2D eigenvalue weighted by atomic mass is 10.1. The van der Waals surface area contributed by atoms with Gasteiger partial charge in [0, 0.05) is 16.3 Å². The number of aromatic nitrogens is 1. The number of hydrogen-bond donors (Lipinski definition) is 0. The van der Waals surface area contributed by atoms with Crippen LogP contribution in [-0.2, 0) is 6.54 Å². The molecule has 0 saturated carbocycles. The lowest BCUT2D eigenvalue weighted by Gasteiger charge is -2.21. The summed E-state index contributed by atoms with van der Waals surface area (Å²) >= 11 is 2.24. The standard InChI is InChI=1S/C16H17IN2O/c1-3-19(11-13-8-4-5-10-18-13)16(20)14-9-6-7-12(2)15(14)17/h4-10H,3,11H2,1-2H3. The zero-order valence-corrected chi connectivity index (χ0v) is 13.8. The third-order valence-corrected chi connectivity index (χ3v) is 4.60. The summed E-state index contributed by atoms with van der Waals surface area (Å²) in [6.07, 6.45) is 1.75. The number of carbonyl (C=O) groups excluding carboxylic acids is 1. The number of halogens is 1. The number of benzene rings is 1. The van der Waals surface area contributed by atoms with Crippen LogP contribution < -0.4 is 0 Å². The lowest BCUT2D eigenvalue weighted by Crippen LogP contribution is -2.31. The molecule has 2 aromatic rings. The molecule has 1 aromatic heterocycles. The fourth-order valence-electron chi connectivity index (χ4n) is 2.00. The SMILES string of the molecule is CCN(Cc1ccccn1)C(=O)c1cccc(C)c1I. The molecule has 0 fully saturated rings. The minimum atomic E-state index is 0.0613. The van der Waals surface area contributed by atoms with E-state index in [4.69, 9.17) is 0 Å². The molecule has 104 valence electrons. The molecule has 20 heavy (non-hydrogen) atoms. The van der Waals surface area contributed by atoms with Gasteiger partial charge in [0.25, 0.3) is 5.91 Å². The Morgan fingerprint density at radius 3 is 2.70 bits per heavy atom. The zero-order chi connectivity index (χ0) is 14.5. The Hall–Kier alpha value is -1.43. The Bertz CT molecular complexity index is 599. The predicted molar refractivity (Wildman–Crippen MR) is 88.5 cm³/mol.